The molecule has 0 bridgehead atoms. The van der Waals surface area contributed by atoms with Crippen molar-refractivity contribution >= 4 is 17.0 Å². The van der Waals surface area contributed by atoms with Gasteiger partial charge in [0.1, 0.15) is 0 Å². The average Bonchev–Trinajstić information content (AvgIpc) is 2.63. The molecule has 7 nitrogen and oxygen atoms in total. The van der Waals surface area contributed by atoms with Crippen LogP contribution in [0.4, 0.5) is 4.79 Å². The van der Waals surface area contributed by atoms with Gasteiger partial charge in [0, 0.05) is 25.2 Å². The molecule has 1 saturated heterocycles. The fourth-order valence-electron chi connectivity index (χ4n) is 2.83. The zero-order chi connectivity index (χ0) is 19.0. The maximum absolute atomic E-state index is 11.0. The van der Waals surface area contributed by atoms with Gasteiger partial charge in [-0.25, -0.2) is 0 Å². The van der Waals surface area contributed by atoms with E-state index in [1.54, 1.807) is 6.26 Å². The van der Waals surface area contributed by atoms with Crippen molar-refractivity contribution in [2.24, 2.45) is 0 Å². The molecule has 1 heterocycles. The number of carbonyl (C=O) groups is 1. The molecular weight excluding hydrogens is 354 g/mol. The largest absolute Gasteiger partial charge is 0.378 e. The van der Waals surface area contributed by atoms with E-state index in [1.165, 1.54) is 24.6 Å². The van der Waals surface area contributed by atoms with Gasteiger partial charge in [0.25, 0.3) is 5.24 Å². The molecule has 1 rings (SSSR count). The molecule has 0 aromatic rings. The Kier molecular flexibility index (Phi) is 14.2. The number of ether oxygens (including phenoxy) is 3. The maximum Gasteiger partial charge on any atom is 0.278 e. The van der Waals surface area contributed by atoms with Crippen LogP contribution in [0.2, 0.25) is 0 Å². The second-order valence-corrected chi connectivity index (χ2v) is 7.47. The van der Waals surface area contributed by atoms with Crippen LogP contribution >= 0.6 is 11.8 Å². The van der Waals surface area contributed by atoms with Crippen molar-refractivity contribution in [3.8, 4) is 0 Å². The van der Waals surface area contributed by atoms with Crippen molar-refractivity contribution in [1.29, 1.82) is 0 Å². The molecule has 0 aromatic heterocycles. The lowest BCUT2D eigenvalue weighted by Gasteiger charge is -2.33. The zero-order valence-corrected chi connectivity index (χ0v) is 17.4. The van der Waals surface area contributed by atoms with Gasteiger partial charge in [0.2, 0.25) is 0 Å². The van der Waals surface area contributed by atoms with E-state index in [1.807, 2.05) is 0 Å². The molecule has 2 N–H and O–H groups in total. The van der Waals surface area contributed by atoms with Crippen LogP contribution < -0.4 is 10.6 Å². The molecule has 0 aromatic carbocycles. The predicted octanol–water partition coefficient (Wildman–Crippen LogP) is 1.57. The number of hydrogen-bond donors (Lipinski definition) is 2. The average molecular weight is 392 g/mol. The summed E-state index contributed by atoms with van der Waals surface area (Å²) in [4.78, 5) is 13.5. The molecule has 154 valence electrons. The minimum atomic E-state index is -0.0291. The SMILES string of the molecule is CSC(=O)NCCOCCOCCOCCN1CCC(NC(C)C)CC1. The monoisotopic (exact) mass is 391 g/mol. The van der Waals surface area contributed by atoms with Gasteiger partial charge in [-0.05, 0) is 32.2 Å². The highest BCUT2D eigenvalue weighted by Gasteiger charge is 2.18. The lowest BCUT2D eigenvalue weighted by atomic mass is 10.0. The molecule has 0 radical (unpaired) electrons. The van der Waals surface area contributed by atoms with Crippen LogP contribution in [0.15, 0.2) is 0 Å². The van der Waals surface area contributed by atoms with E-state index in [9.17, 15) is 4.79 Å². The molecule has 8 heteroatoms. The highest BCUT2D eigenvalue weighted by Crippen LogP contribution is 2.10. The number of rotatable bonds is 14. The number of piperidine rings is 1. The van der Waals surface area contributed by atoms with Gasteiger partial charge in [0.05, 0.1) is 39.6 Å². The first kappa shape index (κ1) is 23.7. The number of amides is 1. The van der Waals surface area contributed by atoms with Crippen molar-refractivity contribution in [3.63, 3.8) is 0 Å². The second-order valence-electron chi connectivity index (χ2n) is 6.69. The van der Waals surface area contributed by atoms with Gasteiger partial charge in [-0.1, -0.05) is 25.6 Å². The Morgan fingerprint density at radius 1 is 1.04 bits per heavy atom. The highest BCUT2D eigenvalue weighted by atomic mass is 32.2. The number of carbonyl (C=O) groups excluding carboxylic acids is 1. The predicted molar refractivity (Wildman–Crippen MR) is 107 cm³/mol. The summed E-state index contributed by atoms with van der Waals surface area (Å²) < 4.78 is 16.5. The number of thioether (sulfide) groups is 1. The summed E-state index contributed by atoms with van der Waals surface area (Å²) >= 11 is 1.17. The van der Waals surface area contributed by atoms with Crippen LogP contribution in [-0.4, -0.2) is 94.3 Å². The van der Waals surface area contributed by atoms with Crippen LogP contribution in [0, 0.1) is 0 Å². The first-order chi connectivity index (χ1) is 12.6. The van der Waals surface area contributed by atoms with Gasteiger partial charge in [-0.2, -0.15) is 0 Å². The minimum absolute atomic E-state index is 0.0291. The topological polar surface area (TPSA) is 72.1 Å². The molecule has 0 unspecified atom stereocenters. The fourth-order valence-corrected chi connectivity index (χ4v) is 3.07. The van der Waals surface area contributed by atoms with E-state index in [4.69, 9.17) is 14.2 Å². The van der Waals surface area contributed by atoms with E-state index < -0.39 is 0 Å². The van der Waals surface area contributed by atoms with E-state index in [0.717, 1.165) is 26.2 Å². The van der Waals surface area contributed by atoms with Gasteiger partial charge in [0.15, 0.2) is 0 Å². The molecular formula is C18H37N3O4S. The van der Waals surface area contributed by atoms with Gasteiger partial charge < -0.3 is 29.7 Å². The Hall–Kier alpha value is -0.380. The van der Waals surface area contributed by atoms with Crippen molar-refractivity contribution in [2.75, 3.05) is 72.1 Å². The van der Waals surface area contributed by atoms with Crippen molar-refractivity contribution in [3.05, 3.63) is 0 Å². The summed E-state index contributed by atoms with van der Waals surface area (Å²) in [6.45, 7) is 11.8. The third-order valence-electron chi connectivity index (χ3n) is 4.15. The molecule has 1 aliphatic heterocycles. The Morgan fingerprint density at radius 2 is 1.62 bits per heavy atom. The number of hydrogen-bond acceptors (Lipinski definition) is 7. The molecule has 1 aliphatic rings. The maximum atomic E-state index is 11.0. The van der Waals surface area contributed by atoms with Crippen molar-refractivity contribution < 1.29 is 19.0 Å². The van der Waals surface area contributed by atoms with E-state index in [-0.39, 0.29) is 5.24 Å². The Labute approximate surface area is 162 Å². The number of nitrogens with zero attached hydrogens (tertiary/aromatic N) is 1. The van der Waals surface area contributed by atoms with E-state index >= 15 is 0 Å². The van der Waals surface area contributed by atoms with Crippen LogP contribution in [0.5, 0.6) is 0 Å². The van der Waals surface area contributed by atoms with Crippen molar-refractivity contribution in [1.82, 2.24) is 15.5 Å². The normalized spacial score (nSPS) is 16.3. The molecule has 0 atom stereocenters. The molecule has 26 heavy (non-hydrogen) atoms. The molecule has 0 saturated carbocycles. The van der Waals surface area contributed by atoms with E-state index in [0.29, 0.717) is 51.7 Å². The Morgan fingerprint density at radius 3 is 2.19 bits per heavy atom. The zero-order valence-electron chi connectivity index (χ0n) is 16.6. The lowest BCUT2D eigenvalue weighted by Crippen LogP contribution is -2.45. The van der Waals surface area contributed by atoms with Crippen LogP contribution in [0.3, 0.4) is 0 Å². The van der Waals surface area contributed by atoms with Gasteiger partial charge >= 0.3 is 0 Å². The van der Waals surface area contributed by atoms with Gasteiger partial charge in [-0.3, -0.25) is 4.79 Å². The Bertz CT molecular complexity index is 353. The smallest absolute Gasteiger partial charge is 0.278 e. The summed E-state index contributed by atoms with van der Waals surface area (Å²) in [5.74, 6) is 0. The van der Waals surface area contributed by atoms with Crippen molar-refractivity contribution in [2.45, 2.75) is 38.8 Å². The third-order valence-corrected chi connectivity index (χ3v) is 4.67. The molecule has 1 amide bonds. The fraction of sp³-hybridized carbons (Fsp3) is 0.944. The molecule has 0 aliphatic carbocycles. The standard InChI is InChI=1S/C18H37N3O4S/c1-16(2)20-17-4-7-21(8-5-17)9-11-24-13-15-25-14-12-23-10-6-19-18(22)26-3/h16-17,20H,4-15H2,1-3H3,(H,19,22). The second kappa shape index (κ2) is 15.7. The number of nitrogens with one attached hydrogen (secondary N) is 2. The highest BCUT2D eigenvalue weighted by molar-refractivity contribution is 8.12. The first-order valence-electron chi connectivity index (χ1n) is 9.65. The number of likely N-dealkylation sites (tertiary alicyclic amines) is 1. The first-order valence-corrected chi connectivity index (χ1v) is 10.9. The quantitative estimate of drug-likeness (QED) is 0.436. The summed E-state index contributed by atoms with van der Waals surface area (Å²) in [6.07, 6.45) is 4.20. The summed E-state index contributed by atoms with van der Waals surface area (Å²) in [5.41, 5.74) is 0. The van der Waals surface area contributed by atoms with Crippen LogP contribution in [0.25, 0.3) is 0 Å². The minimum Gasteiger partial charge on any atom is -0.378 e. The molecule has 1 fully saturated rings. The molecule has 0 spiro atoms. The van der Waals surface area contributed by atoms with Crippen LogP contribution in [-0.2, 0) is 14.2 Å². The van der Waals surface area contributed by atoms with E-state index in [2.05, 4.69) is 29.4 Å². The Balaban J connectivity index is 1.79. The summed E-state index contributed by atoms with van der Waals surface area (Å²) in [5, 5.41) is 6.31. The summed E-state index contributed by atoms with van der Waals surface area (Å²) in [7, 11) is 0. The van der Waals surface area contributed by atoms with Gasteiger partial charge in [-0.15, -0.1) is 0 Å². The van der Waals surface area contributed by atoms with Crippen LogP contribution in [0.1, 0.15) is 26.7 Å². The third kappa shape index (κ3) is 12.9. The lowest BCUT2D eigenvalue weighted by molar-refractivity contribution is 0.0101. The summed E-state index contributed by atoms with van der Waals surface area (Å²) in [6, 6.07) is 1.24.